The van der Waals surface area contributed by atoms with E-state index >= 15 is 0 Å². The number of aromatic nitrogens is 2. The van der Waals surface area contributed by atoms with Crippen molar-refractivity contribution < 1.29 is 4.79 Å². The van der Waals surface area contributed by atoms with Gasteiger partial charge in [-0.2, -0.15) is 0 Å². The van der Waals surface area contributed by atoms with Crippen LogP contribution in [0.5, 0.6) is 0 Å². The van der Waals surface area contributed by atoms with Crippen molar-refractivity contribution in [2.45, 2.75) is 39.7 Å². The number of carbonyl (C=O) groups excluding carboxylic acids is 1. The van der Waals surface area contributed by atoms with Crippen LogP contribution in [0.2, 0.25) is 0 Å². The minimum absolute atomic E-state index is 0.0670. The van der Waals surface area contributed by atoms with Gasteiger partial charge in [0.2, 0.25) is 5.91 Å². The van der Waals surface area contributed by atoms with Gasteiger partial charge in [0.05, 0.1) is 5.01 Å². The Hall–Kier alpha value is -1.31. The molecule has 1 aliphatic heterocycles. The number of thiazole rings is 2. The summed E-state index contributed by atoms with van der Waals surface area (Å²) < 4.78 is 0. The van der Waals surface area contributed by atoms with Crippen LogP contribution >= 0.6 is 22.7 Å². The van der Waals surface area contributed by atoms with Gasteiger partial charge in [-0.1, -0.05) is 0 Å². The fourth-order valence-electron chi connectivity index (χ4n) is 3.01. The molecule has 2 aromatic heterocycles. The zero-order valence-corrected chi connectivity index (χ0v) is 15.2. The van der Waals surface area contributed by atoms with E-state index in [1.165, 1.54) is 34.5 Å². The molecule has 0 aromatic carbocycles. The summed E-state index contributed by atoms with van der Waals surface area (Å²) in [6, 6.07) is 0. The zero-order valence-electron chi connectivity index (χ0n) is 13.5. The molecule has 1 atom stereocenters. The lowest BCUT2D eigenvalue weighted by Crippen LogP contribution is -2.35. The third kappa shape index (κ3) is 4.83. The highest BCUT2D eigenvalue weighted by Gasteiger charge is 2.21. The number of likely N-dealkylation sites (tertiary alicyclic amines) is 1. The molecule has 0 unspecified atom stereocenters. The molecule has 1 aliphatic rings. The van der Waals surface area contributed by atoms with Crippen LogP contribution in [0, 0.1) is 12.8 Å². The van der Waals surface area contributed by atoms with Crippen LogP contribution < -0.4 is 5.32 Å². The second-order valence-electron chi connectivity index (χ2n) is 6.13. The highest BCUT2D eigenvalue weighted by atomic mass is 32.1. The van der Waals surface area contributed by atoms with Crippen molar-refractivity contribution in [2.24, 2.45) is 5.92 Å². The van der Waals surface area contributed by atoms with Crippen molar-refractivity contribution >= 4 is 33.7 Å². The summed E-state index contributed by atoms with van der Waals surface area (Å²) in [5.41, 5.74) is 0. The molecular weight excluding hydrogens is 328 g/mol. The second kappa shape index (κ2) is 7.51. The third-order valence-corrected chi connectivity index (χ3v) is 5.78. The van der Waals surface area contributed by atoms with Crippen LogP contribution in [0.1, 0.15) is 34.5 Å². The second-order valence-corrected chi connectivity index (χ2v) is 8.56. The van der Waals surface area contributed by atoms with Gasteiger partial charge in [0.25, 0.3) is 0 Å². The van der Waals surface area contributed by atoms with E-state index in [1.807, 2.05) is 23.7 Å². The van der Waals surface area contributed by atoms with Crippen LogP contribution in [-0.2, 0) is 17.8 Å². The molecule has 0 spiro atoms. The molecule has 2 aromatic rings. The maximum atomic E-state index is 11.1. The lowest BCUT2D eigenvalue weighted by atomic mass is 9.95. The van der Waals surface area contributed by atoms with Gasteiger partial charge in [-0.05, 0) is 32.2 Å². The first kappa shape index (κ1) is 16.5. The molecular formula is C16H22N4OS2. The van der Waals surface area contributed by atoms with Gasteiger partial charge in [-0.25, -0.2) is 9.97 Å². The number of amides is 1. The molecule has 1 amide bonds. The number of aryl methyl sites for hydroxylation is 1. The Morgan fingerprint density at radius 2 is 2.26 bits per heavy atom. The number of hydrogen-bond donors (Lipinski definition) is 1. The number of nitrogens with one attached hydrogen (secondary N) is 1. The number of rotatable bonds is 5. The van der Waals surface area contributed by atoms with Crippen LogP contribution in [0.15, 0.2) is 12.4 Å². The average molecular weight is 351 g/mol. The first-order valence-corrected chi connectivity index (χ1v) is 9.58. The zero-order chi connectivity index (χ0) is 16.2. The van der Waals surface area contributed by atoms with Gasteiger partial charge in [-0.15, -0.1) is 22.7 Å². The normalized spacial score (nSPS) is 19.0. The average Bonchev–Trinajstić information content (AvgIpc) is 3.08. The van der Waals surface area contributed by atoms with E-state index in [4.69, 9.17) is 0 Å². The Labute approximate surface area is 144 Å². The van der Waals surface area contributed by atoms with Crippen molar-refractivity contribution in [3.05, 3.63) is 27.2 Å². The molecule has 7 heteroatoms. The van der Waals surface area contributed by atoms with Crippen LogP contribution in [-0.4, -0.2) is 33.9 Å². The van der Waals surface area contributed by atoms with Gasteiger partial charge in [0.15, 0.2) is 5.13 Å². The molecule has 3 heterocycles. The molecule has 3 rings (SSSR count). The molecule has 1 saturated heterocycles. The Kier molecular flexibility index (Phi) is 5.40. The van der Waals surface area contributed by atoms with Crippen molar-refractivity contribution in [3.8, 4) is 0 Å². The minimum Gasteiger partial charge on any atom is -0.302 e. The lowest BCUT2D eigenvalue weighted by Gasteiger charge is -2.31. The van der Waals surface area contributed by atoms with Crippen LogP contribution in [0.4, 0.5) is 5.13 Å². The monoisotopic (exact) mass is 350 g/mol. The van der Waals surface area contributed by atoms with E-state index < -0.39 is 0 Å². The summed E-state index contributed by atoms with van der Waals surface area (Å²) in [5.74, 6) is 0.625. The summed E-state index contributed by atoms with van der Waals surface area (Å²) in [6.07, 6.45) is 7.47. The molecule has 23 heavy (non-hydrogen) atoms. The maximum absolute atomic E-state index is 11.1. The molecule has 5 nitrogen and oxygen atoms in total. The van der Waals surface area contributed by atoms with E-state index in [-0.39, 0.29) is 5.91 Å². The Morgan fingerprint density at radius 1 is 1.39 bits per heavy atom. The van der Waals surface area contributed by atoms with E-state index in [0.29, 0.717) is 11.0 Å². The molecule has 124 valence electrons. The first-order chi connectivity index (χ1) is 11.1. The predicted molar refractivity (Wildman–Crippen MR) is 95.0 cm³/mol. The largest absolute Gasteiger partial charge is 0.302 e. The van der Waals surface area contributed by atoms with Gasteiger partial charge >= 0.3 is 0 Å². The summed E-state index contributed by atoms with van der Waals surface area (Å²) in [4.78, 5) is 24.8. The molecule has 1 N–H and O–H groups in total. The Balaban J connectivity index is 1.54. The number of hydrogen-bond acceptors (Lipinski definition) is 6. The molecule has 0 aliphatic carbocycles. The van der Waals surface area contributed by atoms with Gasteiger partial charge in [-0.3, -0.25) is 9.69 Å². The fourth-order valence-corrected chi connectivity index (χ4v) is 4.82. The van der Waals surface area contributed by atoms with E-state index in [2.05, 4.69) is 27.1 Å². The lowest BCUT2D eigenvalue weighted by molar-refractivity contribution is -0.114. The predicted octanol–water partition coefficient (Wildman–Crippen LogP) is 3.32. The Morgan fingerprint density at radius 3 is 3.00 bits per heavy atom. The topological polar surface area (TPSA) is 58.1 Å². The van der Waals surface area contributed by atoms with E-state index in [0.717, 1.165) is 26.1 Å². The van der Waals surface area contributed by atoms with Crippen LogP contribution in [0.3, 0.4) is 0 Å². The van der Waals surface area contributed by atoms with Crippen molar-refractivity contribution in [1.82, 2.24) is 14.9 Å². The van der Waals surface area contributed by atoms with E-state index in [1.54, 1.807) is 11.3 Å². The standard InChI is InChI=1S/C16H22N4OS2/c1-11-7-17-15(22-11)6-13-4-3-5-20(9-13)10-14-8-18-16(23-14)19-12(2)21/h7-8,13H,3-6,9-10H2,1-2H3,(H,18,19,21)/t13-/m0/s1. The molecule has 0 radical (unpaired) electrons. The number of carbonyl (C=O) groups is 1. The smallest absolute Gasteiger partial charge is 0.223 e. The SMILES string of the molecule is CC(=O)Nc1ncc(CN2CCC[C@@H](Cc3ncc(C)s3)C2)s1. The highest BCUT2D eigenvalue weighted by Crippen LogP contribution is 2.26. The first-order valence-electron chi connectivity index (χ1n) is 7.94. The van der Waals surface area contributed by atoms with Crippen molar-refractivity contribution in [1.29, 1.82) is 0 Å². The summed E-state index contributed by atoms with van der Waals surface area (Å²) in [5, 5.41) is 4.71. The maximum Gasteiger partial charge on any atom is 0.223 e. The molecule has 0 bridgehead atoms. The summed E-state index contributed by atoms with van der Waals surface area (Å²) in [6.45, 7) is 6.80. The fraction of sp³-hybridized carbons (Fsp3) is 0.562. The molecule has 1 fully saturated rings. The summed E-state index contributed by atoms with van der Waals surface area (Å²) >= 11 is 3.39. The van der Waals surface area contributed by atoms with Gasteiger partial charge in [0.1, 0.15) is 0 Å². The van der Waals surface area contributed by atoms with Crippen molar-refractivity contribution in [3.63, 3.8) is 0 Å². The quantitative estimate of drug-likeness (QED) is 0.899. The Bertz CT molecular complexity index is 667. The third-order valence-electron chi connectivity index (χ3n) is 3.95. The summed E-state index contributed by atoms with van der Waals surface area (Å²) in [7, 11) is 0. The van der Waals surface area contributed by atoms with E-state index in [9.17, 15) is 4.79 Å². The van der Waals surface area contributed by atoms with Gasteiger partial charge in [0, 0.05) is 48.6 Å². The van der Waals surface area contributed by atoms with Crippen LogP contribution in [0.25, 0.3) is 0 Å². The molecule has 0 saturated carbocycles. The number of piperidine rings is 1. The highest BCUT2D eigenvalue weighted by molar-refractivity contribution is 7.15. The van der Waals surface area contributed by atoms with Gasteiger partial charge < -0.3 is 5.32 Å². The van der Waals surface area contributed by atoms with Crippen molar-refractivity contribution in [2.75, 3.05) is 18.4 Å². The minimum atomic E-state index is -0.0670. The number of nitrogens with zero attached hydrogens (tertiary/aromatic N) is 3. The number of anilines is 1.